The summed E-state index contributed by atoms with van der Waals surface area (Å²) in [7, 11) is 0. The van der Waals surface area contributed by atoms with Gasteiger partial charge in [0.1, 0.15) is 12.7 Å². The molecule has 2 heterocycles. The Bertz CT molecular complexity index is 363. The fourth-order valence-electron chi connectivity index (χ4n) is 1.31. The largest absolute Gasteiger partial charge is 0.380 e. The van der Waals surface area contributed by atoms with Crippen molar-refractivity contribution in [2.75, 3.05) is 26.4 Å². The van der Waals surface area contributed by atoms with Crippen LogP contribution in [0.1, 0.15) is 13.8 Å². The quantitative estimate of drug-likeness (QED) is 0.661. The Hall–Kier alpha value is -1.80. The maximum absolute atomic E-state index is 5.12. The highest BCUT2D eigenvalue weighted by atomic mass is 16.5. The van der Waals surface area contributed by atoms with Gasteiger partial charge in [0.05, 0.1) is 32.5 Å². The number of rotatable bonds is 8. The summed E-state index contributed by atoms with van der Waals surface area (Å²) in [5.74, 6) is 0. The van der Waals surface area contributed by atoms with Gasteiger partial charge in [0.2, 0.25) is 0 Å². The summed E-state index contributed by atoms with van der Waals surface area (Å²) in [6, 6.07) is 0. The van der Waals surface area contributed by atoms with Gasteiger partial charge in [0.15, 0.2) is 0 Å². The molecule has 0 fully saturated rings. The molecule has 0 radical (unpaired) electrons. The highest BCUT2D eigenvalue weighted by molar-refractivity contribution is 4.63. The smallest absolute Gasteiger partial charge is 0.137 e. The number of nitrogens with zero attached hydrogens (tertiary/aromatic N) is 6. The van der Waals surface area contributed by atoms with E-state index in [0.29, 0.717) is 13.2 Å². The predicted octanol–water partition coefficient (Wildman–Crippen LogP) is 0.629. The van der Waals surface area contributed by atoms with E-state index >= 15 is 0 Å². The van der Waals surface area contributed by atoms with Crippen LogP contribution < -0.4 is 0 Å². The van der Waals surface area contributed by atoms with E-state index < -0.39 is 0 Å². The van der Waals surface area contributed by atoms with E-state index in [1.54, 1.807) is 21.9 Å². The van der Waals surface area contributed by atoms with Gasteiger partial charge in [-0.15, -0.1) is 5.10 Å². The van der Waals surface area contributed by atoms with Gasteiger partial charge < -0.3 is 9.47 Å². The summed E-state index contributed by atoms with van der Waals surface area (Å²) < 4.78 is 13.7. The van der Waals surface area contributed by atoms with E-state index in [2.05, 4.69) is 20.4 Å². The van der Waals surface area contributed by atoms with Crippen molar-refractivity contribution in [1.29, 1.82) is 0 Å². The van der Waals surface area contributed by atoms with Crippen LogP contribution in [0.2, 0.25) is 0 Å². The van der Waals surface area contributed by atoms with Gasteiger partial charge in [0, 0.05) is 19.4 Å². The molecular weight excluding hydrogens is 260 g/mol. The van der Waals surface area contributed by atoms with Crippen molar-refractivity contribution in [1.82, 2.24) is 29.8 Å². The molecule has 2 aromatic heterocycles. The highest BCUT2D eigenvalue weighted by Crippen LogP contribution is 1.82. The zero-order valence-electron chi connectivity index (χ0n) is 12.1. The van der Waals surface area contributed by atoms with E-state index in [1.807, 2.05) is 20.0 Å². The lowest BCUT2D eigenvalue weighted by atomic mass is 10.7. The average molecular weight is 282 g/mol. The van der Waals surface area contributed by atoms with Crippen molar-refractivity contribution in [3.8, 4) is 0 Å². The number of aromatic nitrogens is 6. The van der Waals surface area contributed by atoms with E-state index in [0.717, 1.165) is 26.3 Å². The van der Waals surface area contributed by atoms with Crippen molar-refractivity contribution in [2.24, 2.45) is 0 Å². The third kappa shape index (κ3) is 7.59. The van der Waals surface area contributed by atoms with Crippen LogP contribution in [-0.2, 0) is 22.6 Å². The van der Waals surface area contributed by atoms with Crippen LogP contribution in [0.4, 0.5) is 0 Å². The maximum atomic E-state index is 5.12. The molecule has 112 valence electrons. The normalized spacial score (nSPS) is 10.1. The molecule has 0 aliphatic heterocycles. The average Bonchev–Trinajstić information content (AvgIpc) is 3.13. The monoisotopic (exact) mass is 282 g/mol. The van der Waals surface area contributed by atoms with E-state index in [4.69, 9.17) is 9.47 Å². The Balaban J connectivity index is 0.000000200. The molecule has 0 amide bonds. The fourth-order valence-corrected chi connectivity index (χ4v) is 1.31. The number of hydrogen-bond acceptors (Lipinski definition) is 6. The first-order chi connectivity index (χ1) is 9.86. The Morgan fingerprint density at radius 1 is 1.00 bits per heavy atom. The molecule has 0 saturated carbocycles. The molecule has 2 rings (SSSR count). The molecule has 0 saturated heterocycles. The molecule has 2 aromatic rings. The van der Waals surface area contributed by atoms with Crippen LogP contribution in [0.15, 0.2) is 25.0 Å². The van der Waals surface area contributed by atoms with Gasteiger partial charge in [-0.2, -0.15) is 5.10 Å². The summed E-state index contributed by atoms with van der Waals surface area (Å²) in [6.45, 7) is 8.45. The summed E-state index contributed by atoms with van der Waals surface area (Å²) in [5, 5.41) is 11.3. The van der Waals surface area contributed by atoms with Gasteiger partial charge in [-0.1, -0.05) is 5.21 Å². The van der Waals surface area contributed by atoms with Gasteiger partial charge >= 0.3 is 0 Å². The first-order valence-corrected chi connectivity index (χ1v) is 6.68. The standard InChI is InChI=1S/2C6H11N3O/c1-2-10-4-3-9-6-7-5-8-9;1-2-10-6-5-9-4-3-7-8-9/h5-6H,2-4H2,1H3;3-4H,2,5-6H2,1H3. The zero-order chi connectivity index (χ0) is 14.5. The zero-order valence-corrected chi connectivity index (χ0v) is 12.1. The molecule has 0 N–H and O–H groups in total. The molecular formula is C12H22N6O2. The lowest BCUT2D eigenvalue weighted by molar-refractivity contribution is 0.136. The molecule has 0 unspecified atom stereocenters. The summed E-state index contributed by atoms with van der Waals surface area (Å²) in [6.07, 6.45) is 6.68. The van der Waals surface area contributed by atoms with E-state index in [1.165, 1.54) is 6.33 Å². The van der Waals surface area contributed by atoms with Crippen LogP contribution >= 0.6 is 0 Å². The molecule has 0 atom stereocenters. The van der Waals surface area contributed by atoms with Crippen molar-refractivity contribution in [2.45, 2.75) is 26.9 Å². The Labute approximate surface area is 118 Å². The molecule has 0 aromatic carbocycles. The molecule has 0 aliphatic rings. The van der Waals surface area contributed by atoms with Crippen LogP contribution in [-0.4, -0.2) is 56.2 Å². The lowest BCUT2D eigenvalue weighted by Gasteiger charge is -1.98. The van der Waals surface area contributed by atoms with Crippen LogP contribution in [0.5, 0.6) is 0 Å². The van der Waals surface area contributed by atoms with Crippen LogP contribution in [0, 0.1) is 0 Å². The molecule has 8 heteroatoms. The minimum absolute atomic E-state index is 0.708. The van der Waals surface area contributed by atoms with Crippen LogP contribution in [0.3, 0.4) is 0 Å². The third-order valence-electron chi connectivity index (χ3n) is 2.28. The molecule has 0 aliphatic carbocycles. The number of hydrogen-bond donors (Lipinski definition) is 0. The Morgan fingerprint density at radius 2 is 1.70 bits per heavy atom. The van der Waals surface area contributed by atoms with E-state index in [-0.39, 0.29) is 0 Å². The minimum atomic E-state index is 0.708. The second kappa shape index (κ2) is 11.1. The maximum Gasteiger partial charge on any atom is 0.137 e. The molecule has 0 spiro atoms. The predicted molar refractivity (Wildman–Crippen MR) is 73.0 cm³/mol. The Kier molecular flexibility index (Phi) is 8.99. The van der Waals surface area contributed by atoms with Gasteiger partial charge in [-0.05, 0) is 13.8 Å². The van der Waals surface area contributed by atoms with E-state index in [9.17, 15) is 0 Å². The first kappa shape index (κ1) is 16.3. The summed E-state index contributed by atoms with van der Waals surface area (Å²) >= 11 is 0. The fraction of sp³-hybridized carbons (Fsp3) is 0.667. The highest BCUT2D eigenvalue weighted by Gasteiger charge is 1.89. The van der Waals surface area contributed by atoms with Gasteiger partial charge in [-0.25, -0.2) is 4.98 Å². The van der Waals surface area contributed by atoms with Crippen LogP contribution in [0.25, 0.3) is 0 Å². The topological polar surface area (TPSA) is 79.9 Å². The van der Waals surface area contributed by atoms with Crippen molar-refractivity contribution < 1.29 is 9.47 Å². The minimum Gasteiger partial charge on any atom is -0.380 e. The number of ether oxygens (including phenoxy) is 2. The second-order valence-electron chi connectivity index (χ2n) is 3.72. The molecule has 0 bridgehead atoms. The molecule has 8 nitrogen and oxygen atoms in total. The SMILES string of the molecule is CCOCCn1ccnn1.CCOCCn1cncn1. The molecule has 20 heavy (non-hydrogen) atoms. The lowest BCUT2D eigenvalue weighted by Crippen LogP contribution is -2.06. The van der Waals surface area contributed by atoms with Gasteiger partial charge in [0.25, 0.3) is 0 Å². The third-order valence-corrected chi connectivity index (χ3v) is 2.28. The second-order valence-corrected chi connectivity index (χ2v) is 3.72. The van der Waals surface area contributed by atoms with Gasteiger partial charge in [-0.3, -0.25) is 9.36 Å². The first-order valence-electron chi connectivity index (χ1n) is 6.68. The van der Waals surface area contributed by atoms with Crippen molar-refractivity contribution in [3.63, 3.8) is 0 Å². The van der Waals surface area contributed by atoms with Crippen molar-refractivity contribution in [3.05, 3.63) is 25.0 Å². The summed E-state index contributed by atoms with van der Waals surface area (Å²) in [4.78, 5) is 3.80. The van der Waals surface area contributed by atoms with Crippen molar-refractivity contribution >= 4 is 0 Å². The summed E-state index contributed by atoms with van der Waals surface area (Å²) in [5.41, 5.74) is 0. The Morgan fingerprint density at radius 3 is 2.20 bits per heavy atom.